The summed E-state index contributed by atoms with van der Waals surface area (Å²) in [5.41, 5.74) is 2.12. The van der Waals surface area contributed by atoms with Gasteiger partial charge in [-0.25, -0.2) is 0 Å². The zero-order valence-electron chi connectivity index (χ0n) is 29.0. The van der Waals surface area contributed by atoms with Crippen molar-refractivity contribution in [1.29, 1.82) is 0 Å². The third-order valence-corrected chi connectivity index (χ3v) is 8.46. The van der Waals surface area contributed by atoms with E-state index in [1.807, 2.05) is 43.3 Å². The lowest BCUT2D eigenvalue weighted by molar-refractivity contribution is -0.118. The second-order valence-electron chi connectivity index (χ2n) is 11.6. The smallest absolute Gasteiger partial charge is 0.227 e. The maximum absolute atomic E-state index is 13.4. The predicted molar refractivity (Wildman–Crippen MR) is 196 cm³/mol. The van der Waals surface area contributed by atoms with Crippen LogP contribution in [0.15, 0.2) is 91.0 Å². The Kier molecular flexibility index (Phi) is 14.8. The van der Waals surface area contributed by atoms with Crippen LogP contribution in [0.25, 0.3) is 0 Å². The average Bonchev–Trinajstić information content (AvgIpc) is 3.14. The highest BCUT2D eigenvalue weighted by molar-refractivity contribution is 6.32. The second kappa shape index (κ2) is 19.5. The Morgan fingerprint density at radius 1 is 0.735 bits per heavy atom. The van der Waals surface area contributed by atoms with Crippen LogP contribution in [0.2, 0.25) is 5.02 Å². The van der Waals surface area contributed by atoms with Crippen LogP contribution < -0.4 is 23.8 Å². The van der Waals surface area contributed by atoms with Crippen molar-refractivity contribution in [3.8, 4) is 28.7 Å². The van der Waals surface area contributed by atoms with Crippen LogP contribution in [0.4, 0.5) is 5.69 Å². The number of amides is 1. The van der Waals surface area contributed by atoms with E-state index in [1.54, 1.807) is 66.6 Å². The van der Waals surface area contributed by atoms with Gasteiger partial charge in [-0.3, -0.25) is 9.59 Å². The largest absolute Gasteiger partial charge is 0.497 e. The van der Waals surface area contributed by atoms with E-state index in [-0.39, 0.29) is 18.2 Å². The Morgan fingerprint density at radius 2 is 1.39 bits per heavy atom. The Bertz CT molecular complexity index is 1610. The summed E-state index contributed by atoms with van der Waals surface area (Å²) in [5.74, 6) is 2.84. The number of ether oxygens (including phenoxy) is 4. The molecular formula is C40H47ClN2O6. The van der Waals surface area contributed by atoms with Crippen molar-refractivity contribution in [3.05, 3.63) is 107 Å². The summed E-state index contributed by atoms with van der Waals surface area (Å²) in [6, 6.07) is 27.1. The molecule has 0 aromatic heterocycles. The maximum atomic E-state index is 13.4. The fraction of sp³-hybridized carbons (Fsp3) is 0.350. The van der Waals surface area contributed by atoms with E-state index in [9.17, 15) is 9.59 Å². The SMILES string of the molecule is CCCCC(=O)N(CC(=O)c1ccc(OCCCN(CC)CC)cc1)c1ccc(Oc2ccc(Cl)c(OCc3ccc(OC)cc3)c2)cc1. The lowest BCUT2D eigenvalue weighted by atomic mass is 10.1. The Labute approximate surface area is 295 Å². The van der Waals surface area contributed by atoms with E-state index >= 15 is 0 Å². The van der Waals surface area contributed by atoms with Crippen molar-refractivity contribution in [2.24, 2.45) is 0 Å². The molecule has 0 aliphatic carbocycles. The average molecular weight is 687 g/mol. The van der Waals surface area contributed by atoms with Crippen molar-refractivity contribution in [1.82, 2.24) is 4.90 Å². The minimum Gasteiger partial charge on any atom is -0.497 e. The summed E-state index contributed by atoms with van der Waals surface area (Å²) in [5, 5.41) is 0.468. The highest BCUT2D eigenvalue weighted by Gasteiger charge is 2.20. The first-order chi connectivity index (χ1) is 23.8. The zero-order valence-corrected chi connectivity index (χ0v) is 29.7. The fourth-order valence-corrected chi connectivity index (χ4v) is 5.32. The molecule has 0 aliphatic heterocycles. The van der Waals surface area contributed by atoms with Crippen LogP contribution in [0.3, 0.4) is 0 Å². The molecule has 8 nitrogen and oxygen atoms in total. The van der Waals surface area contributed by atoms with E-state index in [0.29, 0.717) is 53.2 Å². The number of rotatable bonds is 20. The van der Waals surface area contributed by atoms with Crippen LogP contribution in [-0.2, 0) is 11.4 Å². The van der Waals surface area contributed by atoms with Gasteiger partial charge in [0.05, 0.1) is 25.3 Å². The number of carbonyl (C=O) groups excluding carboxylic acids is 2. The van der Waals surface area contributed by atoms with Gasteiger partial charge < -0.3 is 28.7 Å². The quantitative estimate of drug-likeness (QED) is 0.0678. The van der Waals surface area contributed by atoms with E-state index < -0.39 is 0 Å². The molecule has 0 saturated heterocycles. The van der Waals surface area contributed by atoms with Gasteiger partial charge in [-0.1, -0.05) is 50.9 Å². The van der Waals surface area contributed by atoms with E-state index in [1.165, 1.54) is 0 Å². The van der Waals surface area contributed by atoms with Gasteiger partial charge in [0.1, 0.15) is 35.4 Å². The summed E-state index contributed by atoms with van der Waals surface area (Å²) in [7, 11) is 1.63. The minimum absolute atomic E-state index is 0.0705. The number of hydrogen-bond acceptors (Lipinski definition) is 7. The van der Waals surface area contributed by atoms with E-state index in [2.05, 4.69) is 18.7 Å². The van der Waals surface area contributed by atoms with Crippen molar-refractivity contribution < 1.29 is 28.5 Å². The molecule has 0 spiro atoms. The number of hydrogen-bond donors (Lipinski definition) is 0. The number of nitrogens with zero attached hydrogens (tertiary/aromatic N) is 2. The fourth-order valence-electron chi connectivity index (χ4n) is 5.15. The van der Waals surface area contributed by atoms with Crippen LogP contribution in [0.1, 0.15) is 62.4 Å². The van der Waals surface area contributed by atoms with Gasteiger partial charge in [-0.15, -0.1) is 0 Å². The van der Waals surface area contributed by atoms with Gasteiger partial charge in [-0.05, 0) is 104 Å². The number of benzene rings is 4. The minimum atomic E-state index is -0.151. The van der Waals surface area contributed by atoms with Gasteiger partial charge >= 0.3 is 0 Å². The van der Waals surface area contributed by atoms with E-state index in [0.717, 1.165) is 56.0 Å². The summed E-state index contributed by atoms with van der Waals surface area (Å²) < 4.78 is 23.2. The molecule has 0 bridgehead atoms. The van der Waals surface area contributed by atoms with Crippen LogP contribution in [0.5, 0.6) is 28.7 Å². The molecule has 1 amide bonds. The molecule has 4 aromatic carbocycles. The highest BCUT2D eigenvalue weighted by Crippen LogP contribution is 2.33. The Hall–Kier alpha value is -4.53. The molecule has 9 heteroatoms. The van der Waals surface area contributed by atoms with Gasteiger partial charge in [0.2, 0.25) is 5.91 Å². The molecule has 0 aliphatic rings. The third-order valence-electron chi connectivity index (χ3n) is 8.15. The van der Waals surface area contributed by atoms with Crippen molar-refractivity contribution in [2.45, 2.75) is 53.1 Å². The summed E-state index contributed by atoms with van der Waals surface area (Å²) in [6.07, 6.45) is 2.90. The first kappa shape index (κ1) is 37.3. The predicted octanol–water partition coefficient (Wildman–Crippen LogP) is 9.24. The second-order valence-corrected chi connectivity index (χ2v) is 12.0. The molecule has 0 unspecified atom stereocenters. The van der Waals surface area contributed by atoms with Crippen molar-refractivity contribution in [3.63, 3.8) is 0 Å². The summed E-state index contributed by atoms with van der Waals surface area (Å²) >= 11 is 6.40. The van der Waals surface area contributed by atoms with Gasteiger partial charge in [0, 0.05) is 30.3 Å². The normalized spacial score (nSPS) is 10.9. The number of ketones is 1. The monoisotopic (exact) mass is 686 g/mol. The number of unbranched alkanes of at least 4 members (excludes halogenated alkanes) is 1. The molecular weight excluding hydrogens is 640 g/mol. The van der Waals surface area contributed by atoms with Crippen molar-refractivity contribution in [2.75, 3.05) is 44.8 Å². The van der Waals surface area contributed by atoms with Gasteiger partial charge in [-0.2, -0.15) is 0 Å². The topological polar surface area (TPSA) is 77.5 Å². The highest BCUT2D eigenvalue weighted by atomic mass is 35.5. The molecule has 0 N–H and O–H groups in total. The standard InChI is InChI=1S/C40H47ClN2O6/c1-5-8-10-40(45)43(28-38(44)31-13-19-34(20-14-31)47-26-9-25-42(6-2)7-3)32-15-21-35(22-16-32)49-36-23-24-37(41)39(27-36)48-29-30-11-17-33(46-4)18-12-30/h11-24,27H,5-10,25-26,28-29H2,1-4H3. The first-order valence-corrected chi connectivity index (χ1v) is 17.3. The number of Topliss-reactive ketones (excluding diaryl/α,β-unsaturated/α-hetero) is 1. The van der Waals surface area contributed by atoms with Crippen LogP contribution in [-0.4, -0.2) is 56.5 Å². The zero-order chi connectivity index (χ0) is 35.0. The lowest BCUT2D eigenvalue weighted by Crippen LogP contribution is -2.35. The van der Waals surface area contributed by atoms with Crippen LogP contribution in [0, 0.1) is 0 Å². The molecule has 0 saturated carbocycles. The van der Waals surface area contributed by atoms with Crippen LogP contribution >= 0.6 is 11.6 Å². The molecule has 0 radical (unpaired) electrons. The number of halogens is 1. The molecule has 260 valence electrons. The van der Waals surface area contributed by atoms with Gasteiger partial charge in [0.25, 0.3) is 0 Å². The van der Waals surface area contributed by atoms with Gasteiger partial charge in [0.15, 0.2) is 5.78 Å². The Balaban J connectivity index is 1.38. The summed E-state index contributed by atoms with van der Waals surface area (Å²) in [4.78, 5) is 30.6. The molecule has 0 heterocycles. The Morgan fingerprint density at radius 3 is 2.04 bits per heavy atom. The molecule has 4 rings (SSSR count). The summed E-state index contributed by atoms with van der Waals surface area (Å²) in [6.45, 7) is 10.3. The molecule has 4 aromatic rings. The third kappa shape index (κ3) is 11.5. The van der Waals surface area contributed by atoms with E-state index in [4.69, 9.17) is 30.5 Å². The first-order valence-electron chi connectivity index (χ1n) is 16.9. The molecule has 0 fully saturated rings. The molecule has 0 atom stereocenters. The maximum Gasteiger partial charge on any atom is 0.227 e. The molecule has 49 heavy (non-hydrogen) atoms. The number of carbonyl (C=O) groups is 2. The van der Waals surface area contributed by atoms with Crippen molar-refractivity contribution >= 4 is 29.0 Å². The lowest BCUT2D eigenvalue weighted by Gasteiger charge is -2.23. The number of anilines is 1. The number of methoxy groups -OCH3 is 1.